The van der Waals surface area contributed by atoms with Crippen LogP contribution in [-0.4, -0.2) is 17.8 Å². The molecule has 0 amide bonds. The summed E-state index contributed by atoms with van der Waals surface area (Å²) in [5, 5.41) is 0. The van der Waals surface area contributed by atoms with E-state index in [4.69, 9.17) is 4.74 Å². The van der Waals surface area contributed by atoms with E-state index in [1.165, 1.54) is 10.2 Å². The van der Waals surface area contributed by atoms with Gasteiger partial charge in [0.25, 0.3) is 4.34 Å². The number of hydrogen-bond donors (Lipinski definition) is 0. The summed E-state index contributed by atoms with van der Waals surface area (Å²) in [4.78, 5) is 11.6. The van der Waals surface area contributed by atoms with Gasteiger partial charge in [0.15, 0.2) is 0 Å². The fraction of sp³-hybridized carbons (Fsp3) is 0.429. The third kappa shape index (κ3) is 3.48. The minimum Gasteiger partial charge on any atom is -0.462 e. The van der Waals surface area contributed by atoms with Crippen molar-refractivity contribution < 1.29 is 14.1 Å². The average molecular weight is 296 g/mol. The number of nitrogens with zero attached hydrogens (tertiary/aromatic N) is 1. The minimum atomic E-state index is -0.153. The number of ether oxygens (including phenoxy) is 1. The zero-order chi connectivity index (χ0) is 13.8. The molecule has 2 rings (SSSR count). The van der Waals surface area contributed by atoms with Crippen molar-refractivity contribution in [2.75, 3.05) is 5.75 Å². The molecule has 0 aliphatic carbocycles. The molecule has 0 spiro atoms. The Morgan fingerprint density at radius 2 is 2.16 bits per heavy atom. The molecule has 3 nitrogen and oxygen atoms in total. The molecule has 1 aromatic carbocycles. The number of carbonyl (C=O) groups is 1. The number of esters is 1. The van der Waals surface area contributed by atoms with Crippen LogP contribution in [0, 0.1) is 0 Å². The second-order valence-corrected chi connectivity index (χ2v) is 6.66. The summed E-state index contributed by atoms with van der Waals surface area (Å²) < 4.78 is 9.81. The Labute approximate surface area is 121 Å². The lowest BCUT2D eigenvalue weighted by atomic mass is 10.3. The Balaban J connectivity index is 2.14. The van der Waals surface area contributed by atoms with Crippen LogP contribution in [0.25, 0.3) is 10.2 Å². The SMILES string of the molecule is CC[n+]1c(SCC(=O)OC(C)C)sc2ccccc21. The van der Waals surface area contributed by atoms with Crippen LogP contribution in [0.4, 0.5) is 0 Å². The van der Waals surface area contributed by atoms with Crippen molar-refractivity contribution in [2.24, 2.45) is 0 Å². The van der Waals surface area contributed by atoms with E-state index in [2.05, 4.69) is 23.6 Å². The first-order chi connectivity index (χ1) is 9.11. The lowest BCUT2D eigenvalue weighted by Crippen LogP contribution is -2.33. The molecule has 2 aromatic rings. The Morgan fingerprint density at radius 1 is 1.42 bits per heavy atom. The largest absolute Gasteiger partial charge is 0.462 e. The van der Waals surface area contributed by atoms with Gasteiger partial charge in [-0.2, -0.15) is 4.57 Å². The van der Waals surface area contributed by atoms with Gasteiger partial charge in [-0.1, -0.05) is 23.5 Å². The van der Waals surface area contributed by atoms with Gasteiger partial charge in [-0.15, -0.1) is 0 Å². The van der Waals surface area contributed by atoms with E-state index < -0.39 is 0 Å². The normalized spacial score (nSPS) is 11.2. The molecule has 0 bridgehead atoms. The number of carbonyl (C=O) groups excluding carboxylic acids is 1. The maximum absolute atomic E-state index is 11.6. The highest BCUT2D eigenvalue weighted by atomic mass is 32.2. The highest BCUT2D eigenvalue weighted by Gasteiger charge is 2.20. The Morgan fingerprint density at radius 3 is 2.84 bits per heavy atom. The summed E-state index contributed by atoms with van der Waals surface area (Å²) in [6, 6.07) is 8.32. The standard InChI is InChI=1S/C14H18NO2S2/c1-4-15-11-7-5-6-8-12(11)19-14(15)18-9-13(16)17-10(2)3/h5-8,10H,4,9H2,1-3H3/q+1. The number of thioether (sulfide) groups is 1. The van der Waals surface area contributed by atoms with Gasteiger partial charge in [-0.25, -0.2) is 0 Å². The van der Waals surface area contributed by atoms with E-state index in [9.17, 15) is 4.79 Å². The molecule has 1 heterocycles. The Kier molecular flexibility index (Phi) is 4.82. The summed E-state index contributed by atoms with van der Waals surface area (Å²) in [6.07, 6.45) is -0.0474. The highest BCUT2D eigenvalue weighted by Crippen LogP contribution is 2.27. The molecule has 19 heavy (non-hydrogen) atoms. The van der Waals surface area contributed by atoms with Crippen molar-refractivity contribution in [1.82, 2.24) is 0 Å². The zero-order valence-corrected chi connectivity index (χ0v) is 13.0. The van der Waals surface area contributed by atoms with Crippen LogP contribution < -0.4 is 4.57 Å². The number of aryl methyl sites for hydroxylation is 1. The van der Waals surface area contributed by atoms with Crippen LogP contribution in [0.5, 0.6) is 0 Å². The lowest BCUT2D eigenvalue weighted by Gasteiger charge is -2.05. The van der Waals surface area contributed by atoms with Gasteiger partial charge < -0.3 is 4.74 Å². The van der Waals surface area contributed by atoms with Crippen molar-refractivity contribution in [3.05, 3.63) is 24.3 Å². The van der Waals surface area contributed by atoms with Gasteiger partial charge in [0, 0.05) is 6.07 Å². The van der Waals surface area contributed by atoms with Crippen LogP contribution in [0.3, 0.4) is 0 Å². The predicted octanol–water partition coefficient (Wildman–Crippen LogP) is 3.25. The molecule has 5 heteroatoms. The molecule has 0 N–H and O–H groups in total. The van der Waals surface area contributed by atoms with E-state index in [0.29, 0.717) is 5.75 Å². The summed E-state index contributed by atoms with van der Waals surface area (Å²) in [7, 11) is 0. The van der Waals surface area contributed by atoms with E-state index in [1.54, 1.807) is 23.1 Å². The second-order valence-electron chi connectivity index (χ2n) is 4.41. The highest BCUT2D eigenvalue weighted by molar-refractivity contribution is 8.01. The Hall–Kier alpha value is -1.07. The summed E-state index contributed by atoms with van der Waals surface area (Å²) >= 11 is 3.28. The number of thiazole rings is 1. The molecular weight excluding hydrogens is 278 g/mol. The number of para-hydroxylation sites is 1. The second kappa shape index (κ2) is 6.39. The summed E-state index contributed by atoms with van der Waals surface area (Å²) in [5.41, 5.74) is 1.23. The lowest BCUT2D eigenvalue weighted by molar-refractivity contribution is -0.698. The molecule has 0 saturated carbocycles. The smallest absolute Gasteiger partial charge is 0.316 e. The van der Waals surface area contributed by atoms with E-state index in [0.717, 1.165) is 10.9 Å². The topological polar surface area (TPSA) is 30.2 Å². The molecule has 0 aliphatic heterocycles. The monoisotopic (exact) mass is 296 g/mol. The molecule has 0 fully saturated rings. The maximum atomic E-state index is 11.6. The third-order valence-electron chi connectivity index (χ3n) is 2.57. The van der Waals surface area contributed by atoms with Crippen molar-refractivity contribution in [2.45, 2.75) is 37.8 Å². The van der Waals surface area contributed by atoms with Crippen molar-refractivity contribution in [3.63, 3.8) is 0 Å². The molecule has 0 saturated heterocycles. The quantitative estimate of drug-likeness (QED) is 0.482. The van der Waals surface area contributed by atoms with Crippen molar-refractivity contribution >= 4 is 39.3 Å². The zero-order valence-electron chi connectivity index (χ0n) is 11.4. The minimum absolute atomic E-state index is 0.0474. The van der Waals surface area contributed by atoms with Gasteiger partial charge in [0.2, 0.25) is 5.52 Å². The van der Waals surface area contributed by atoms with Crippen molar-refractivity contribution in [3.8, 4) is 0 Å². The number of benzene rings is 1. The van der Waals surface area contributed by atoms with Crippen LogP contribution >= 0.6 is 23.1 Å². The average Bonchev–Trinajstić information content (AvgIpc) is 2.73. The number of rotatable bonds is 5. The van der Waals surface area contributed by atoms with E-state index in [1.807, 2.05) is 26.0 Å². The van der Waals surface area contributed by atoms with Gasteiger partial charge in [0.05, 0.1) is 6.10 Å². The first-order valence-corrected chi connectivity index (χ1v) is 8.15. The molecule has 0 radical (unpaired) electrons. The molecule has 102 valence electrons. The van der Waals surface area contributed by atoms with Crippen LogP contribution in [-0.2, 0) is 16.1 Å². The van der Waals surface area contributed by atoms with Crippen LogP contribution in [0.1, 0.15) is 20.8 Å². The summed E-state index contributed by atoms with van der Waals surface area (Å²) in [5.74, 6) is 0.213. The number of hydrogen-bond acceptors (Lipinski definition) is 4. The van der Waals surface area contributed by atoms with Gasteiger partial charge in [0.1, 0.15) is 17.0 Å². The number of aromatic nitrogens is 1. The Bertz CT molecular complexity index is 578. The first kappa shape index (κ1) is 14.3. The molecular formula is C14H18NO2S2+. The molecule has 0 atom stereocenters. The maximum Gasteiger partial charge on any atom is 0.316 e. The van der Waals surface area contributed by atoms with Gasteiger partial charge >= 0.3 is 5.97 Å². The van der Waals surface area contributed by atoms with Gasteiger partial charge in [-0.3, -0.25) is 4.79 Å². The van der Waals surface area contributed by atoms with E-state index in [-0.39, 0.29) is 12.1 Å². The van der Waals surface area contributed by atoms with Gasteiger partial charge in [-0.05, 0) is 38.6 Å². The fourth-order valence-corrected chi connectivity index (χ4v) is 4.17. The molecule has 1 aromatic heterocycles. The summed E-state index contributed by atoms with van der Waals surface area (Å²) in [6.45, 7) is 6.77. The van der Waals surface area contributed by atoms with Crippen molar-refractivity contribution in [1.29, 1.82) is 0 Å². The van der Waals surface area contributed by atoms with Crippen LogP contribution in [0.2, 0.25) is 0 Å². The first-order valence-electron chi connectivity index (χ1n) is 6.35. The predicted molar refractivity (Wildman–Crippen MR) is 79.6 cm³/mol. The van der Waals surface area contributed by atoms with Crippen LogP contribution in [0.15, 0.2) is 28.6 Å². The number of fused-ring (bicyclic) bond motifs is 1. The molecule has 0 unspecified atom stereocenters. The molecule has 0 aliphatic rings. The fourth-order valence-electron chi connectivity index (χ4n) is 1.84. The van der Waals surface area contributed by atoms with E-state index >= 15 is 0 Å². The third-order valence-corrected chi connectivity index (χ3v) is 4.98.